The van der Waals surface area contributed by atoms with Crippen LogP contribution in [0.15, 0.2) is 91.0 Å². The number of aliphatic hydroxyl groups is 2. The van der Waals surface area contributed by atoms with Crippen LogP contribution in [0.1, 0.15) is 62.1 Å². The van der Waals surface area contributed by atoms with Crippen molar-refractivity contribution in [3.05, 3.63) is 108 Å². The monoisotopic (exact) mass is 664 g/mol. The average Bonchev–Trinajstić information content (AvgIpc) is 3.63. The molecule has 2 aliphatic heterocycles. The zero-order valence-corrected chi connectivity index (χ0v) is 28.0. The van der Waals surface area contributed by atoms with Gasteiger partial charge < -0.3 is 43.4 Å². The van der Waals surface area contributed by atoms with Gasteiger partial charge >= 0.3 is 0 Å². The second kappa shape index (κ2) is 20.1. The molecule has 2 saturated heterocycles. The van der Waals surface area contributed by atoms with Crippen LogP contribution in [0, 0.1) is 0 Å². The highest BCUT2D eigenvalue weighted by molar-refractivity contribution is 5.15. The Kier molecular flexibility index (Phi) is 15.3. The standard InChI is InChI=1S/C39H52O9/c1-2-3-4-5-6-16-23-42-39-37(45-27-31-21-14-9-15-22-31)35(43-25-29-17-10-7-11-18-29)33(48-39)28-46-38-36(34(41)32(24-40)47-38)44-26-30-19-12-8-13-20-30/h7-15,17-22,32-41H,2-6,16,23-28H2,1H3/t32-,33?,34-,35-,36+,37+,38+,39+/m1/s1. The van der Waals surface area contributed by atoms with E-state index in [1.54, 1.807) is 0 Å². The molecule has 2 heterocycles. The van der Waals surface area contributed by atoms with E-state index in [-0.39, 0.29) is 19.8 Å². The minimum absolute atomic E-state index is 0.0717. The van der Waals surface area contributed by atoms with E-state index in [2.05, 4.69) is 6.92 Å². The maximum atomic E-state index is 10.9. The molecular weight excluding hydrogens is 612 g/mol. The quantitative estimate of drug-likeness (QED) is 0.134. The van der Waals surface area contributed by atoms with Crippen molar-refractivity contribution in [3.8, 4) is 0 Å². The molecule has 3 aromatic carbocycles. The van der Waals surface area contributed by atoms with Crippen molar-refractivity contribution in [1.82, 2.24) is 0 Å². The number of rotatable bonds is 21. The first-order valence-corrected chi connectivity index (χ1v) is 17.5. The molecule has 262 valence electrons. The predicted molar refractivity (Wildman–Crippen MR) is 181 cm³/mol. The summed E-state index contributed by atoms with van der Waals surface area (Å²) in [4.78, 5) is 0. The van der Waals surface area contributed by atoms with Crippen molar-refractivity contribution < 1.29 is 43.4 Å². The molecular formula is C39H52O9. The summed E-state index contributed by atoms with van der Waals surface area (Å²) in [6.45, 7) is 3.46. The fourth-order valence-electron chi connectivity index (χ4n) is 6.07. The Morgan fingerprint density at radius 1 is 0.542 bits per heavy atom. The summed E-state index contributed by atoms with van der Waals surface area (Å²) in [7, 11) is 0. The van der Waals surface area contributed by atoms with Gasteiger partial charge in [-0.3, -0.25) is 0 Å². The molecule has 0 aromatic heterocycles. The highest BCUT2D eigenvalue weighted by Crippen LogP contribution is 2.32. The molecule has 0 aliphatic carbocycles. The summed E-state index contributed by atoms with van der Waals surface area (Å²) in [5.74, 6) is 0. The molecule has 0 saturated carbocycles. The lowest BCUT2D eigenvalue weighted by atomic mass is 10.1. The third-order valence-corrected chi connectivity index (χ3v) is 8.80. The van der Waals surface area contributed by atoms with Crippen molar-refractivity contribution >= 4 is 0 Å². The van der Waals surface area contributed by atoms with Crippen LogP contribution >= 0.6 is 0 Å². The van der Waals surface area contributed by atoms with Crippen LogP contribution < -0.4 is 0 Å². The van der Waals surface area contributed by atoms with Gasteiger partial charge in [-0.25, -0.2) is 0 Å². The van der Waals surface area contributed by atoms with Crippen molar-refractivity contribution in [2.75, 3.05) is 19.8 Å². The summed E-state index contributed by atoms with van der Waals surface area (Å²) >= 11 is 0. The first kappa shape index (κ1) is 36.6. The van der Waals surface area contributed by atoms with Crippen molar-refractivity contribution in [2.24, 2.45) is 0 Å². The molecule has 48 heavy (non-hydrogen) atoms. The Morgan fingerprint density at radius 3 is 1.58 bits per heavy atom. The Balaban J connectivity index is 1.28. The summed E-state index contributed by atoms with van der Waals surface area (Å²) in [5.41, 5.74) is 3.02. The zero-order chi connectivity index (χ0) is 33.4. The van der Waals surface area contributed by atoms with Crippen molar-refractivity contribution in [1.29, 1.82) is 0 Å². The normalized spacial score (nSPS) is 27.1. The Hall–Kier alpha value is -2.70. The summed E-state index contributed by atoms with van der Waals surface area (Å²) in [6.07, 6.45) is 1.03. The van der Waals surface area contributed by atoms with Gasteiger partial charge in [0.05, 0.1) is 33.0 Å². The Bertz CT molecular complexity index is 1260. The van der Waals surface area contributed by atoms with E-state index in [0.717, 1.165) is 29.5 Å². The van der Waals surface area contributed by atoms with Gasteiger partial charge in [-0.05, 0) is 23.1 Å². The predicted octanol–water partition coefficient (Wildman–Crippen LogP) is 5.94. The molecule has 9 heteroatoms. The van der Waals surface area contributed by atoms with E-state index < -0.39 is 49.2 Å². The zero-order valence-electron chi connectivity index (χ0n) is 28.0. The molecule has 0 amide bonds. The second-order valence-corrected chi connectivity index (χ2v) is 12.5. The third-order valence-electron chi connectivity index (χ3n) is 8.80. The molecule has 1 unspecified atom stereocenters. The average molecular weight is 665 g/mol. The highest BCUT2D eigenvalue weighted by Gasteiger charge is 2.50. The van der Waals surface area contributed by atoms with Gasteiger partial charge in [0.15, 0.2) is 12.6 Å². The number of ether oxygens (including phenoxy) is 7. The minimum atomic E-state index is -1.06. The van der Waals surface area contributed by atoms with Gasteiger partial charge in [-0.2, -0.15) is 0 Å². The van der Waals surface area contributed by atoms with E-state index >= 15 is 0 Å². The fourth-order valence-corrected chi connectivity index (χ4v) is 6.07. The van der Waals surface area contributed by atoms with E-state index in [9.17, 15) is 10.2 Å². The van der Waals surface area contributed by atoms with E-state index in [1.165, 1.54) is 25.7 Å². The number of benzene rings is 3. The van der Waals surface area contributed by atoms with Crippen LogP contribution in [0.4, 0.5) is 0 Å². The van der Waals surface area contributed by atoms with Crippen LogP contribution in [0.25, 0.3) is 0 Å². The van der Waals surface area contributed by atoms with Crippen molar-refractivity contribution in [3.63, 3.8) is 0 Å². The fraction of sp³-hybridized carbons (Fsp3) is 0.538. The first-order valence-electron chi connectivity index (χ1n) is 17.5. The smallest absolute Gasteiger partial charge is 0.187 e. The van der Waals surface area contributed by atoms with Crippen LogP contribution in [-0.2, 0) is 53.0 Å². The van der Waals surface area contributed by atoms with Crippen LogP contribution in [-0.4, -0.2) is 79.2 Å². The molecule has 2 fully saturated rings. The maximum absolute atomic E-state index is 10.9. The molecule has 0 radical (unpaired) electrons. The van der Waals surface area contributed by atoms with Crippen LogP contribution in [0.2, 0.25) is 0 Å². The third kappa shape index (κ3) is 10.9. The molecule has 8 atom stereocenters. The first-order chi connectivity index (χ1) is 23.7. The van der Waals surface area contributed by atoms with Crippen LogP contribution in [0.5, 0.6) is 0 Å². The van der Waals surface area contributed by atoms with Gasteiger partial charge in [0.2, 0.25) is 0 Å². The number of aliphatic hydroxyl groups excluding tert-OH is 2. The van der Waals surface area contributed by atoms with Crippen LogP contribution in [0.3, 0.4) is 0 Å². The SMILES string of the molecule is CCCCCCCCO[C@H]1OC(CO[C@H]2O[C@H](CO)[C@@H](O)[C@@H]2OCc2ccccc2)[C@@H](OCc2ccccc2)[C@@H]1OCc1ccccc1. The largest absolute Gasteiger partial charge is 0.394 e. The van der Waals surface area contributed by atoms with E-state index in [0.29, 0.717) is 19.8 Å². The van der Waals surface area contributed by atoms with E-state index in [4.69, 9.17) is 33.2 Å². The van der Waals surface area contributed by atoms with Gasteiger partial charge in [-0.1, -0.05) is 130 Å². The lowest BCUT2D eigenvalue weighted by Gasteiger charge is -2.26. The maximum Gasteiger partial charge on any atom is 0.187 e. The van der Waals surface area contributed by atoms with Gasteiger partial charge in [0.25, 0.3) is 0 Å². The number of unbranched alkanes of at least 4 members (excludes halogenated alkanes) is 5. The lowest BCUT2D eigenvalue weighted by molar-refractivity contribution is -0.215. The minimum Gasteiger partial charge on any atom is -0.394 e. The molecule has 0 bridgehead atoms. The van der Waals surface area contributed by atoms with Crippen molar-refractivity contribution in [2.45, 2.75) is 114 Å². The summed E-state index contributed by atoms with van der Waals surface area (Å²) < 4.78 is 44.2. The Labute approximate surface area is 285 Å². The van der Waals surface area contributed by atoms with E-state index in [1.807, 2.05) is 91.0 Å². The topological polar surface area (TPSA) is 105 Å². The second-order valence-electron chi connectivity index (χ2n) is 12.5. The summed E-state index contributed by atoms with van der Waals surface area (Å²) in [5, 5.41) is 20.8. The molecule has 2 N–H and O–H groups in total. The van der Waals surface area contributed by atoms with Gasteiger partial charge in [0.1, 0.15) is 36.6 Å². The molecule has 5 rings (SSSR count). The number of hydrogen-bond donors (Lipinski definition) is 2. The lowest BCUT2D eigenvalue weighted by Crippen LogP contribution is -2.41. The van der Waals surface area contributed by atoms with Gasteiger partial charge in [-0.15, -0.1) is 0 Å². The number of hydrogen-bond acceptors (Lipinski definition) is 9. The molecule has 3 aromatic rings. The molecule has 0 spiro atoms. The molecule has 9 nitrogen and oxygen atoms in total. The highest BCUT2D eigenvalue weighted by atomic mass is 16.8. The Morgan fingerprint density at radius 2 is 1.02 bits per heavy atom. The van der Waals surface area contributed by atoms with Gasteiger partial charge in [0, 0.05) is 6.61 Å². The summed E-state index contributed by atoms with van der Waals surface area (Å²) in [6, 6.07) is 29.7. The molecule has 2 aliphatic rings.